The molecule has 0 fully saturated rings. The number of carbonyl (C=O) groups excluding carboxylic acids is 1. The molecule has 1 N–H and O–H groups in total. The van der Waals surface area contributed by atoms with Crippen LogP contribution in [0, 0.1) is 0 Å². The van der Waals surface area contributed by atoms with Crippen LogP contribution < -0.4 is 14.8 Å². The van der Waals surface area contributed by atoms with Gasteiger partial charge < -0.3 is 19.2 Å². The minimum atomic E-state index is -0.263. The van der Waals surface area contributed by atoms with Gasteiger partial charge in [-0.15, -0.1) is 0 Å². The number of oxazole rings is 1. The van der Waals surface area contributed by atoms with Crippen LogP contribution in [0.2, 0.25) is 0 Å². The molecule has 7 heteroatoms. The van der Waals surface area contributed by atoms with E-state index in [1.807, 2.05) is 19.9 Å². The van der Waals surface area contributed by atoms with Gasteiger partial charge in [-0.1, -0.05) is 0 Å². The number of anilines is 1. The predicted octanol–water partition coefficient (Wildman–Crippen LogP) is 4.94. The molecule has 0 aliphatic carbocycles. The quantitative estimate of drug-likeness (QED) is 0.491. The number of hydrogen-bond acceptors (Lipinski definition) is 6. The second kappa shape index (κ2) is 8.24. The molecule has 0 saturated carbocycles. The van der Waals surface area contributed by atoms with Crippen LogP contribution in [0.25, 0.3) is 22.7 Å². The van der Waals surface area contributed by atoms with Crippen LogP contribution in [0.4, 0.5) is 5.69 Å². The Balaban J connectivity index is 1.59. The van der Waals surface area contributed by atoms with Crippen LogP contribution in [0.1, 0.15) is 24.2 Å². The summed E-state index contributed by atoms with van der Waals surface area (Å²) >= 11 is 0. The highest BCUT2D eigenvalue weighted by molar-refractivity contribution is 6.05. The third-order valence-electron chi connectivity index (χ3n) is 4.35. The molecule has 152 valence electrons. The smallest absolute Gasteiger partial charge is 0.255 e. The predicted molar refractivity (Wildman–Crippen MR) is 114 cm³/mol. The third kappa shape index (κ3) is 4.10. The monoisotopic (exact) mass is 403 g/mol. The first-order valence-electron chi connectivity index (χ1n) is 9.51. The first kappa shape index (κ1) is 19.4. The zero-order valence-corrected chi connectivity index (χ0v) is 16.9. The molecule has 0 atom stereocenters. The Hall–Kier alpha value is -3.87. The normalized spacial score (nSPS) is 10.9. The molecule has 0 spiro atoms. The first-order valence-corrected chi connectivity index (χ1v) is 9.51. The molecule has 2 aromatic carbocycles. The maximum atomic E-state index is 12.7. The summed E-state index contributed by atoms with van der Waals surface area (Å²) in [6, 6.07) is 15.9. The number of nitrogens with one attached hydrogen (secondary N) is 1. The fourth-order valence-corrected chi connectivity index (χ4v) is 2.98. The molecule has 1 amide bonds. The van der Waals surface area contributed by atoms with E-state index in [2.05, 4.69) is 15.3 Å². The van der Waals surface area contributed by atoms with Gasteiger partial charge in [0.1, 0.15) is 11.5 Å². The van der Waals surface area contributed by atoms with Gasteiger partial charge in [-0.25, -0.2) is 4.98 Å². The summed E-state index contributed by atoms with van der Waals surface area (Å²) in [7, 11) is 1.55. The Labute approximate surface area is 173 Å². The number of ether oxygens (including phenoxy) is 2. The van der Waals surface area contributed by atoms with E-state index in [0.29, 0.717) is 45.4 Å². The highest BCUT2D eigenvalue weighted by Crippen LogP contribution is 2.32. The molecule has 0 unspecified atom stereocenters. The number of benzene rings is 2. The lowest BCUT2D eigenvalue weighted by atomic mass is 10.1. The molecule has 7 nitrogen and oxygen atoms in total. The number of rotatable bonds is 6. The van der Waals surface area contributed by atoms with Crippen LogP contribution in [-0.2, 0) is 0 Å². The molecule has 4 rings (SSSR count). The van der Waals surface area contributed by atoms with E-state index in [-0.39, 0.29) is 12.0 Å². The number of fused-ring (bicyclic) bond motifs is 1. The average Bonchev–Trinajstić information content (AvgIpc) is 3.18. The number of hydrogen-bond donors (Lipinski definition) is 1. The summed E-state index contributed by atoms with van der Waals surface area (Å²) in [5.41, 5.74) is 2.84. The van der Waals surface area contributed by atoms with Gasteiger partial charge in [0, 0.05) is 17.3 Å². The Morgan fingerprint density at radius 3 is 2.60 bits per heavy atom. The molecule has 4 aromatic rings. The van der Waals surface area contributed by atoms with E-state index in [9.17, 15) is 4.79 Å². The number of aromatic nitrogens is 2. The summed E-state index contributed by atoms with van der Waals surface area (Å²) in [6.45, 7) is 3.90. The van der Waals surface area contributed by atoms with E-state index in [1.54, 1.807) is 61.8 Å². The summed E-state index contributed by atoms with van der Waals surface area (Å²) in [5, 5.41) is 2.89. The van der Waals surface area contributed by atoms with Crippen molar-refractivity contribution in [2.45, 2.75) is 20.0 Å². The van der Waals surface area contributed by atoms with E-state index >= 15 is 0 Å². The van der Waals surface area contributed by atoms with Crippen molar-refractivity contribution < 1.29 is 18.7 Å². The SMILES string of the molecule is COc1ccc(-c2nc3ncccc3o2)cc1NC(=O)c1ccc(OC(C)C)cc1. The minimum Gasteiger partial charge on any atom is -0.495 e. The van der Waals surface area contributed by atoms with Crippen molar-refractivity contribution in [2.24, 2.45) is 0 Å². The highest BCUT2D eigenvalue weighted by atomic mass is 16.5. The van der Waals surface area contributed by atoms with Gasteiger partial charge in [0.25, 0.3) is 5.91 Å². The molecular weight excluding hydrogens is 382 g/mol. The number of amides is 1. The fourth-order valence-electron chi connectivity index (χ4n) is 2.98. The Morgan fingerprint density at radius 1 is 1.10 bits per heavy atom. The summed E-state index contributed by atoms with van der Waals surface area (Å²) in [6.07, 6.45) is 1.73. The van der Waals surface area contributed by atoms with Crippen LogP contribution in [-0.4, -0.2) is 29.1 Å². The number of carbonyl (C=O) groups is 1. The summed E-state index contributed by atoms with van der Waals surface area (Å²) in [5.74, 6) is 1.39. The Kier molecular flexibility index (Phi) is 5.34. The van der Waals surface area contributed by atoms with Crippen molar-refractivity contribution in [1.82, 2.24) is 9.97 Å². The van der Waals surface area contributed by atoms with Crippen molar-refractivity contribution in [3.63, 3.8) is 0 Å². The molecule has 2 heterocycles. The lowest BCUT2D eigenvalue weighted by Gasteiger charge is -2.12. The fraction of sp³-hybridized carbons (Fsp3) is 0.174. The van der Waals surface area contributed by atoms with Crippen molar-refractivity contribution in [1.29, 1.82) is 0 Å². The molecule has 0 bridgehead atoms. The van der Waals surface area contributed by atoms with Crippen molar-refractivity contribution in [2.75, 3.05) is 12.4 Å². The summed E-state index contributed by atoms with van der Waals surface area (Å²) < 4.78 is 16.8. The van der Waals surface area contributed by atoms with Gasteiger partial charge in [0.15, 0.2) is 11.2 Å². The van der Waals surface area contributed by atoms with E-state index in [0.717, 1.165) is 0 Å². The topological polar surface area (TPSA) is 86.5 Å². The first-order chi connectivity index (χ1) is 14.5. The van der Waals surface area contributed by atoms with Gasteiger partial charge in [0.05, 0.1) is 18.9 Å². The molecule has 0 aliphatic rings. The molecule has 0 saturated heterocycles. The standard InChI is InChI=1S/C23H21N3O4/c1-14(2)29-17-9-6-15(7-10-17)22(27)25-18-13-16(8-11-19(18)28-3)23-26-21-20(30-23)5-4-12-24-21/h4-14H,1-3H3,(H,25,27). The largest absolute Gasteiger partial charge is 0.495 e. The van der Waals surface area contributed by atoms with E-state index in [1.165, 1.54) is 0 Å². The van der Waals surface area contributed by atoms with Crippen LogP contribution >= 0.6 is 0 Å². The average molecular weight is 403 g/mol. The minimum absolute atomic E-state index is 0.0683. The third-order valence-corrected chi connectivity index (χ3v) is 4.35. The Morgan fingerprint density at radius 2 is 1.90 bits per heavy atom. The van der Waals surface area contributed by atoms with Crippen LogP contribution in [0.15, 0.2) is 65.2 Å². The lowest BCUT2D eigenvalue weighted by Crippen LogP contribution is -2.13. The lowest BCUT2D eigenvalue weighted by molar-refractivity contribution is 0.102. The summed E-state index contributed by atoms with van der Waals surface area (Å²) in [4.78, 5) is 21.3. The molecule has 2 aromatic heterocycles. The molecule has 0 radical (unpaired) electrons. The van der Waals surface area contributed by atoms with Crippen molar-refractivity contribution in [3.05, 3.63) is 66.4 Å². The van der Waals surface area contributed by atoms with E-state index < -0.39 is 0 Å². The second-order valence-electron chi connectivity index (χ2n) is 6.90. The zero-order chi connectivity index (χ0) is 21.1. The molecular formula is C23H21N3O4. The molecule has 0 aliphatic heterocycles. The van der Waals surface area contributed by atoms with Crippen molar-refractivity contribution >= 4 is 22.8 Å². The van der Waals surface area contributed by atoms with Crippen LogP contribution in [0.5, 0.6) is 11.5 Å². The maximum Gasteiger partial charge on any atom is 0.255 e. The maximum absolute atomic E-state index is 12.7. The van der Waals surface area contributed by atoms with Gasteiger partial charge in [-0.3, -0.25) is 4.79 Å². The van der Waals surface area contributed by atoms with Crippen LogP contribution in [0.3, 0.4) is 0 Å². The highest BCUT2D eigenvalue weighted by Gasteiger charge is 2.15. The zero-order valence-electron chi connectivity index (χ0n) is 16.9. The Bertz CT molecular complexity index is 1150. The van der Waals surface area contributed by atoms with Gasteiger partial charge in [-0.2, -0.15) is 4.98 Å². The van der Waals surface area contributed by atoms with E-state index in [4.69, 9.17) is 13.9 Å². The van der Waals surface area contributed by atoms with Gasteiger partial charge >= 0.3 is 0 Å². The number of nitrogens with zero attached hydrogens (tertiary/aromatic N) is 2. The van der Waals surface area contributed by atoms with Gasteiger partial charge in [-0.05, 0) is 68.4 Å². The molecule has 30 heavy (non-hydrogen) atoms. The van der Waals surface area contributed by atoms with Crippen molar-refractivity contribution in [3.8, 4) is 23.0 Å². The van der Waals surface area contributed by atoms with Gasteiger partial charge in [0.2, 0.25) is 5.89 Å². The second-order valence-corrected chi connectivity index (χ2v) is 6.90. The number of methoxy groups -OCH3 is 1. The number of pyridine rings is 1.